The summed E-state index contributed by atoms with van der Waals surface area (Å²) >= 11 is 0. The van der Waals surface area contributed by atoms with Gasteiger partial charge < -0.3 is 123 Å². The van der Waals surface area contributed by atoms with Crippen molar-refractivity contribution in [1.29, 1.82) is 0 Å². The Morgan fingerprint density at radius 2 is 1.21 bits per heavy atom. The number of rotatable bonds is 22. The van der Waals surface area contributed by atoms with Crippen molar-refractivity contribution >= 4 is 0 Å². The van der Waals surface area contributed by atoms with Crippen LogP contribution in [0.4, 0.5) is 0 Å². The van der Waals surface area contributed by atoms with Crippen LogP contribution in [0.15, 0.2) is 0 Å². The van der Waals surface area contributed by atoms with Gasteiger partial charge in [-0.2, -0.15) is 0 Å². The minimum absolute atomic E-state index is 0.00991. The first kappa shape index (κ1) is 46.4. The lowest BCUT2D eigenvalue weighted by Gasteiger charge is -2.42. The van der Waals surface area contributed by atoms with Gasteiger partial charge in [0.15, 0.2) is 25.2 Å². The summed E-state index contributed by atoms with van der Waals surface area (Å²) in [5.41, 5.74) is 35.8. The number of aliphatic hydroxyl groups excluding tert-OH is 10. The first-order valence-corrected chi connectivity index (χ1v) is 17.3. The van der Waals surface area contributed by atoms with Gasteiger partial charge in [0.05, 0.1) is 57.8 Å². The highest BCUT2D eigenvalue weighted by atomic mass is 16.8. The van der Waals surface area contributed by atoms with Crippen LogP contribution < -0.4 is 34.4 Å². The molecule has 3 aliphatic heterocycles. The second kappa shape index (κ2) is 22.1. The first-order valence-electron chi connectivity index (χ1n) is 17.3. The van der Waals surface area contributed by atoms with Crippen molar-refractivity contribution in [2.24, 2.45) is 34.4 Å². The van der Waals surface area contributed by atoms with Crippen LogP contribution in [0.2, 0.25) is 0 Å². The molecule has 3 fully saturated rings. The van der Waals surface area contributed by atoms with Gasteiger partial charge in [-0.05, 0) is 6.42 Å². The van der Waals surface area contributed by atoms with Gasteiger partial charge in [-0.3, -0.25) is 0 Å². The van der Waals surface area contributed by atoms with E-state index in [1.807, 2.05) is 0 Å². The first-order chi connectivity index (χ1) is 25.1. The maximum Gasteiger partial charge on any atom is 0.186 e. The van der Waals surface area contributed by atoms with Crippen molar-refractivity contribution in [2.45, 2.75) is 129 Å². The van der Waals surface area contributed by atoms with E-state index in [0.29, 0.717) is 0 Å². The summed E-state index contributed by atoms with van der Waals surface area (Å²) < 4.78 is 46.1. The summed E-state index contributed by atoms with van der Waals surface area (Å²) in [6, 6.07) is -4.36. The van der Waals surface area contributed by atoms with Crippen LogP contribution >= 0.6 is 0 Å². The second-order valence-corrected chi connectivity index (χ2v) is 13.2. The van der Waals surface area contributed by atoms with Crippen LogP contribution in [0, 0.1) is 0 Å². The molecule has 3 heterocycles. The summed E-state index contributed by atoms with van der Waals surface area (Å²) in [5, 5.41) is 101. The van der Waals surface area contributed by atoms with E-state index in [9.17, 15) is 51.1 Å². The molecule has 0 spiro atoms. The molecule has 24 heteroatoms. The standard InChI is InChI=1S/C29H60N6O18/c30-2-13-21(41)23(43)19(34)27(49-13)51-16(11(33)1-10(32)4-36)8-47-29-25(45)26(53-28-20(35)24(44)22(42)14(3-31)50-28)17(52-29)9-46-18(7-39)48-15(6-38)12(40)5-37/h10-29,36-45H,1-9,30-35H2/t10-,11?,12+,13?,14?,15?,16+,17-,18-,19?,20?,21-,22-,23?,24?,25?,26?,27-,28-,29-/m1/s1. The van der Waals surface area contributed by atoms with E-state index in [-0.39, 0.29) is 19.5 Å². The van der Waals surface area contributed by atoms with Crippen LogP contribution in [-0.2, 0) is 37.9 Å². The third-order valence-corrected chi connectivity index (χ3v) is 9.28. The van der Waals surface area contributed by atoms with E-state index < -0.39 is 162 Å². The van der Waals surface area contributed by atoms with E-state index >= 15 is 0 Å². The Morgan fingerprint density at radius 1 is 0.642 bits per heavy atom. The lowest BCUT2D eigenvalue weighted by Crippen LogP contribution is -2.64. The third-order valence-electron chi connectivity index (χ3n) is 9.28. The highest BCUT2D eigenvalue weighted by Crippen LogP contribution is 2.31. The molecule has 0 amide bonds. The van der Waals surface area contributed by atoms with Crippen LogP contribution in [0.25, 0.3) is 0 Å². The Kier molecular flexibility index (Phi) is 19.4. The van der Waals surface area contributed by atoms with Crippen LogP contribution in [0.3, 0.4) is 0 Å². The van der Waals surface area contributed by atoms with Crippen molar-refractivity contribution in [1.82, 2.24) is 0 Å². The van der Waals surface area contributed by atoms with Crippen molar-refractivity contribution < 1.29 is 89.0 Å². The normalized spacial score (nSPS) is 40.1. The number of nitrogens with two attached hydrogens (primary N) is 6. The monoisotopic (exact) mass is 780 g/mol. The summed E-state index contributed by atoms with van der Waals surface area (Å²) in [5.74, 6) is 0. The summed E-state index contributed by atoms with van der Waals surface area (Å²) in [7, 11) is 0. The Morgan fingerprint density at radius 3 is 1.74 bits per heavy atom. The van der Waals surface area contributed by atoms with Gasteiger partial charge in [-0.25, -0.2) is 0 Å². The zero-order valence-electron chi connectivity index (χ0n) is 29.1. The number of ether oxygens (including phenoxy) is 8. The average Bonchev–Trinajstić information content (AvgIpc) is 3.45. The largest absolute Gasteiger partial charge is 0.395 e. The predicted molar refractivity (Wildman–Crippen MR) is 175 cm³/mol. The highest BCUT2D eigenvalue weighted by molar-refractivity contribution is 4.96. The maximum atomic E-state index is 11.4. The van der Waals surface area contributed by atoms with Gasteiger partial charge >= 0.3 is 0 Å². The summed E-state index contributed by atoms with van der Waals surface area (Å²) in [4.78, 5) is 0. The summed E-state index contributed by atoms with van der Waals surface area (Å²) in [6.07, 6.45) is -22.3. The van der Waals surface area contributed by atoms with E-state index in [4.69, 9.17) is 72.3 Å². The molecule has 0 aromatic heterocycles. The molecule has 0 aliphatic carbocycles. The SMILES string of the molecule is NCC1O[C@H](OC2C(O)[C@H](OC[C@H](O[C@H]3OC(CN)[C@@H](O)C(O)C3N)C(N)C[C@@H](N)CO)O[C@@H]2CO[C@@H](CO)OC(CO)[C@@H](O)CO)C(N)C(O)[C@@H]1O. The zero-order valence-corrected chi connectivity index (χ0v) is 29.1. The lowest BCUT2D eigenvalue weighted by atomic mass is 9.97. The Hall–Kier alpha value is -0.960. The number of aliphatic hydroxyl groups is 10. The topological polar surface area (TPSA) is 432 Å². The van der Waals surface area contributed by atoms with Gasteiger partial charge in [-0.1, -0.05) is 0 Å². The van der Waals surface area contributed by atoms with E-state index in [0.717, 1.165) is 0 Å². The minimum Gasteiger partial charge on any atom is -0.395 e. The average molecular weight is 781 g/mol. The van der Waals surface area contributed by atoms with Crippen molar-refractivity contribution in [3.8, 4) is 0 Å². The number of hydrogen-bond acceptors (Lipinski definition) is 24. The maximum absolute atomic E-state index is 11.4. The Balaban J connectivity index is 1.82. The molecule has 3 rings (SSSR count). The molecule has 20 atom stereocenters. The molecule has 0 saturated carbocycles. The van der Waals surface area contributed by atoms with Crippen molar-refractivity contribution in [3.05, 3.63) is 0 Å². The molecule has 0 aromatic rings. The molecule has 3 saturated heterocycles. The molecule has 10 unspecified atom stereocenters. The van der Waals surface area contributed by atoms with E-state index in [1.165, 1.54) is 0 Å². The van der Waals surface area contributed by atoms with Gasteiger partial charge in [0.2, 0.25) is 0 Å². The minimum atomic E-state index is -1.67. The molecule has 3 aliphatic rings. The quantitative estimate of drug-likeness (QED) is 0.0453. The highest BCUT2D eigenvalue weighted by Gasteiger charge is 2.51. The lowest BCUT2D eigenvalue weighted by molar-refractivity contribution is -0.283. The second-order valence-electron chi connectivity index (χ2n) is 13.2. The van der Waals surface area contributed by atoms with Crippen molar-refractivity contribution in [2.75, 3.05) is 52.7 Å². The molecule has 314 valence electrons. The fourth-order valence-corrected chi connectivity index (χ4v) is 5.95. The molecular weight excluding hydrogens is 720 g/mol. The zero-order chi connectivity index (χ0) is 39.6. The van der Waals surface area contributed by atoms with Crippen molar-refractivity contribution in [3.63, 3.8) is 0 Å². The fraction of sp³-hybridized carbons (Fsp3) is 1.00. The molecular formula is C29H60N6O18. The molecule has 0 aromatic carbocycles. The fourth-order valence-electron chi connectivity index (χ4n) is 5.95. The Labute approximate surface area is 305 Å². The van der Waals surface area contributed by atoms with Gasteiger partial charge in [-0.15, -0.1) is 0 Å². The molecule has 53 heavy (non-hydrogen) atoms. The van der Waals surface area contributed by atoms with Gasteiger partial charge in [0, 0.05) is 25.2 Å². The molecule has 22 N–H and O–H groups in total. The van der Waals surface area contributed by atoms with Crippen LogP contribution in [0.1, 0.15) is 6.42 Å². The van der Waals surface area contributed by atoms with Gasteiger partial charge in [0.1, 0.15) is 67.1 Å². The van der Waals surface area contributed by atoms with E-state index in [1.54, 1.807) is 0 Å². The molecule has 0 radical (unpaired) electrons. The Bertz CT molecular complexity index is 1030. The number of hydrogen-bond donors (Lipinski definition) is 16. The van der Waals surface area contributed by atoms with E-state index in [2.05, 4.69) is 0 Å². The van der Waals surface area contributed by atoms with Crippen LogP contribution in [-0.4, -0.2) is 226 Å². The third kappa shape index (κ3) is 12.0. The van der Waals surface area contributed by atoms with Crippen LogP contribution in [0.5, 0.6) is 0 Å². The predicted octanol–water partition coefficient (Wildman–Crippen LogP) is -10.6. The molecule has 0 bridgehead atoms. The molecule has 24 nitrogen and oxygen atoms in total. The summed E-state index contributed by atoms with van der Waals surface area (Å²) in [6.45, 7) is -4.12. The van der Waals surface area contributed by atoms with Gasteiger partial charge in [0.25, 0.3) is 0 Å². The smallest absolute Gasteiger partial charge is 0.186 e.